The van der Waals surface area contributed by atoms with Crippen molar-refractivity contribution in [1.29, 1.82) is 0 Å². The average Bonchev–Trinajstić information content (AvgIpc) is 2.55. The molecule has 0 atom stereocenters. The summed E-state index contributed by atoms with van der Waals surface area (Å²) < 4.78 is 25.2. The Labute approximate surface area is 143 Å². The lowest BCUT2D eigenvalue weighted by molar-refractivity contribution is 0.102. The first-order chi connectivity index (χ1) is 11.8. The molecule has 3 N–H and O–H groups in total. The van der Waals surface area contributed by atoms with Crippen molar-refractivity contribution >= 4 is 38.1 Å². The molecular weight excluding hydrogens is 342 g/mol. The number of amides is 1. The fourth-order valence-electron chi connectivity index (χ4n) is 2.40. The van der Waals surface area contributed by atoms with E-state index in [9.17, 15) is 18.0 Å². The minimum Gasteiger partial charge on any atom is -0.319 e. The number of pyridine rings is 1. The summed E-state index contributed by atoms with van der Waals surface area (Å²) in [5, 5.41) is 3.73. The number of H-pyrrole nitrogens is 1. The number of sulfonamides is 1. The molecule has 0 aliphatic rings. The van der Waals surface area contributed by atoms with E-state index in [-0.39, 0.29) is 22.6 Å². The molecule has 1 amide bonds. The fraction of sp³-hybridized carbons (Fsp3) is 0.0588. The Kier molecular flexibility index (Phi) is 4.28. The summed E-state index contributed by atoms with van der Waals surface area (Å²) in [6.45, 7) is 0. The lowest BCUT2D eigenvalue weighted by atomic mass is 10.1. The maximum atomic E-state index is 12.5. The lowest BCUT2D eigenvalue weighted by Gasteiger charge is -2.12. The van der Waals surface area contributed by atoms with Crippen molar-refractivity contribution in [2.45, 2.75) is 0 Å². The zero-order valence-electron chi connectivity index (χ0n) is 13.2. The summed E-state index contributed by atoms with van der Waals surface area (Å²) in [5.41, 5.74) is 0.233. The molecular formula is C17H15N3O4S. The van der Waals surface area contributed by atoms with Crippen molar-refractivity contribution in [2.75, 3.05) is 16.3 Å². The molecule has 1 heterocycles. The van der Waals surface area contributed by atoms with Gasteiger partial charge in [0, 0.05) is 5.39 Å². The number of carbonyl (C=O) groups is 1. The van der Waals surface area contributed by atoms with Crippen LogP contribution in [0.2, 0.25) is 0 Å². The van der Waals surface area contributed by atoms with Crippen LogP contribution in [0.4, 0.5) is 11.4 Å². The van der Waals surface area contributed by atoms with E-state index in [0.29, 0.717) is 10.8 Å². The number of hydrogen-bond acceptors (Lipinski definition) is 4. The molecule has 3 rings (SSSR count). The third-order valence-corrected chi connectivity index (χ3v) is 4.06. The van der Waals surface area contributed by atoms with Gasteiger partial charge >= 0.3 is 0 Å². The zero-order valence-corrected chi connectivity index (χ0v) is 14.1. The molecule has 0 saturated carbocycles. The van der Waals surface area contributed by atoms with Crippen LogP contribution in [0.15, 0.2) is 59.4 Å². The molecule has 0 saturated heterocycles. The van der Waals surface area contributed by atoms with Crippen molar-refractivity contribution in [3.63, 3.8) is 0 Å². The van der Waals surface area contributed by atoms with Gasteiger partial charge in [0.1, 0.15) is 5.69 Å². The molecule has 0 fully saturated rings. The second-order valence-corrected chi connectivity index (χ2v) is 7.22. The lowest BCUT2D eigenvalue weighted by Crippen LogP contribution is -2.20. The van der Waals surface area contributed by atoms with Crippen molar-refractivity contribution < 1.29 is 13.2 Å². The number of fused-ring (bicyclic) bond motifs is 1. The molecule has 8 heteroatoms. The van der Waals surface area contributed by atoms with Crippen LogP contribution in [0.25, 0.3) is 10.8 Å². The molecule has 2 aromatic carbocycles. The van der Waals surface area contributed by atoms with Gasteiger partial charge in [0.2, 0.25) is 10.0 Å². The van der Waals surface area contributed by atoms with Crippen LogP contribution in [0, 0.1) is 0 Å². The van der Waals surface area contributed by atoms with Gasteiger partial charge < -0.3 is 10.3 Å². The largest absolute Gasteiger partial charge is 0.319 e. The van der Waals surface area contributed by atoms with Gasteiger partial charge in [-0.15, -0.1) is 0 Å². The first-order valence-corrected chi connectivity index (χ1v) is 9.23. The van der Waals surface area contributed by atoms with E-state index in [1.165, 1.54) is 6.07 Å². The van der Waals surface area contributed by atoms with Crippen LogP contribution in [-0.2, 0) is 10.0 Å². The highest BCUT2D eigenvalue weighted by atomic mass is 32.2. The summed E-state index contributed by atoms with van der Waals surface area (Å²) in [6, 6.07) is 14.9. The Bertz CT molecular complexity index is 1120. The molecule has 0 bridgehead atoms. The Hall–Kier alpha value is -3.13. The summed E-state index contributed by atoms with van der Waals surface area (Å²) in [4.78, 5) is 27.1. The van der Waals surface area contributed by atoms with Crippen LogP contribution in [-0.4, -0.2) is 25.6 Å². The number of anilines is 2. The molecule has 1 aromatic heterocycles. The smallest absolute Gasteiger partial charge is 0.272 e. The highest BCUT2D eigenvalue weighted by Gasteiger charge is 2.13. The van der Waals surface area contributed by atoms with Crippen molar-refractivity contribution in [2.24, 2.45) is 0 Å². The Balaban J connectivity index is 1.95. The predicted octanol–water partition coefficient (Wildman–Crippen LogP) is 2.15. The molecule has 128 valence electrons. The van der Waals surface area contributed by atoms with Gasteiger partial charge in [0.15, 0.2) is 0 Å². The maximum absolute atomic E-state index is 12.5. The standard InChI is InChI=1S/C17H15N3O4S/c1-25(23,24)20-14-9-5-4-8-13(14)18-17(22)15-10-11-6-2-3-7-12(11)16(21)19-15/h2-10,20H,1H3,(H,18,22)(H,19,21). The number of aromatic amines is 1. The van der Waals surface area contributed by atoms with Crippen LogP contribution < -0.4 is 15.6 Å². The minimum atomic E-state index is -3.49. The van der Waals surface area contributed by atoms with E-state index in [1.54, 1.807) is 48.5 Å². The van der Waals surface area contributed by atoms with Gasteiger partial charge in [-0.2, -0.15) is 0 Å². The Morgan fingerprint density at radius 3 is 2.36 bits per heavy atom. The molecule has 7 nitrogen and oxygen atoms in total. The molecule has 3 aromatic rings. The molecule has 0 radical (unpaired) electrons. The predicted molar refractivity (Wildman–Crippen MR) is 97.4 cm³/mol. The number of benzene rings is 2. The number of nitrogens with one attached hydrogen (secondary N) is 3. The van der Waals surface area contributed by atoms with E-state index in [2.05, 4.69) is 15.0 Å². The summed E-state index contributed by atoms with van der Waals surface area (Å²) in [5.74, 6) is -0.550. The molecule has 0 aliphatic carbocycles. The third-order valence-electron chi connectivity index (χ3n) is 3.47. The van der Waals surface area contributed by atoms with Gasteiger partial charge in [0.25, 0.3) is 11.5 Å². The van der Waals surface area contributed by atoms with Gasteiger partial charge in [-0.05, 0) is 29.7 Å². The monoisotopic (exact) mass is 357 g/mol. The average molecular weight is 357 g/mol. The summed E-state index contributed by atoms with van der Waals surface area (Å²) in [7, 11) is -3.49. The first kappa shape index (κ1) is 16.7. The van der Waals surface area contributed by atoms with E-state index in [4.69, 9.17) is 0 Å². The quantitative estimate of drug-likeness (QED) is 0.665. The number of rotatable bonds is 4. The van der Waals surface area contributed by atoms with Gasteiger partial charge in [-0.3, -0.25) is 14.3 Å². The van der Waals surface area contributed by atoms with Crippen molar-refractivity contribution in [3.05, 3.63) is 70.6 Å². The second-order valence-electron chi connectivity index (χ2n) is 5.47. The Morgan fingerprint density at radius 2 is 1.64 bits per heavy atom. The summed E-state index contributed by atoms with van der Waals surface area (Å²) >= 11 is 0. The number of para-hydroxylation sites is 2. The molecule has 0 spiro atoms. The number of carbonyl (C=O) groups excluding carboxylic acids is 1. The highest BCUT2D eigenvalue weighted by Crippen LogP contribution is 2.22. The number of hydrogen-bond donors (Lipinski definition) is 3. The van der Waals surface area contributed by atoms with E-state index < -0.39 is 15.9 Å². The Morgan fingerprint density at radius 1 is 1.00 bits per heavy atom. The van der Waals surface area contributed by atoms with Crippen LogP contribution in [0.3, 0.4) is 0 Å². The number of aromatic nitrogens is 1. The van der Waals surface area contributed by atoms with Gasteiger partial charge in [-0.1, -0.05) is 30.3 Å². The summed E-state index contributed by atoms with van der Waals surface area (Å²) in [6.07, 6.45) is 1.02. The second kappa shape index (κ2) is 6.40. The highest BCUT2D eigenvalue weighted by molar-refractivity contribution is 7.92. The molecule has 0 aliphatic heterocycles. The first-order valence-electron chi connectivity index (χ1n) is 7.34. The van der Waals surface area contributed by atoms with Crippen molar-refractivity contribution in [1.82, 2.24) is 4.98 Å². The van der Waals surface area contributed by atoms with Crippen LogP contribution >= 0.6 is 0 Å². The van der Waals surface area contributed by atoms with Gasteiger partial charge in [-0.25, -0.2) is 8.42 Å². The third kappa shape index (κ3) is 3.86. The SMILES string of the molecule is CS(=O)(=O)Nc1ccccc1NC(=O)c1cc2ccccc2c(=O)[nH]1. The molecule has 0 unspecified atom stereocenters. The topological polar surface area (TPSA) is 108 Å². The molecule has 25 heavy (non-hydrogen) atoms. The zero-order chi connectivity index (χ0) is 18.0. The van der Waals surface area contributed by atoms with Crippen LogP contribution in [0.5, 0.6) is 0 Å². The van der Waals surface area contributed by atoms with Gasteiger partial charge in [0.05, 0.1) is 17.6 Å². The minimum absolute atomic E-state index is 0.0814. The van der Waals surface area contributed by atoms with E-state index in [0.717, 1.165) is 6.26 Å². The fourth-order valence-corrected chi connectivity index (χ4v) is 2.98. The van der Waals surface area contributed by atoms with E-state index >= 15 is 0 Å². The van der Waals surface area contributed by atoms with E-state index in [1.807, 2.05) is 0 Å². The van der Waals surface area contributed by atoms with Crippen molar-refractivity contribution in [3.8, 4) is 0 Å². The van der Waals surface area contributed by atoms with Crippen LogP contribution in [0.1, 0.15) is 10.5 Å². The normalized spacial score (nSPS) is 11.2. The maximum Gasteiger partial charge on any atom is 0.272 e.